The Kier molecular flexibility index (Phi) is 8.37. The Bertz CT molecular complexity index is 598. The smallest absolute Gasteiger partial charge is 0.187 e. The molecule has 3 heteroatoms. The number of benzene rings is 1. The Morgan fingerprint density at radius 1 is 1.12 bits per heavy atom. The molecule has 0 spiro atoms. The first kappa shape index (κ1) is 20.7. The molecule has 3 nitrogen and oxygen atoms in total. The molecule has 0 saturated carbocycles. The molecule has 144 valence electrons. The zero-order valence-corrected chi connectivity index (χ0v) is 17.1. The van der Waals surface area contributed by atoms with Crippen LogP contribution in [-0.2, 0) is 12.8 Å². The van der Waals surface area contributed by atoms with Gasteiger partial charge in [0.15, 0.2) is 5.78 Å². The second kappa shape index (κ2) is 10.5. The summed E-state index contributed by atoms with van der Waals surface area (Å²) in [7, 11) is 0. The molecule has 0 radical (unpaired) electrons. The third kappa shape index (κ3) is 5.20. The molecule has 0 heterocycles. The number of hydrogen-bond acceptors (Lipinski definition) is 3. The van der Waals surface area contributed by atoms with E-state index in [1.165, 1.54) is 30.4 Å². The van der Waals surface area contributed by atoms with Gasteiger partial charge in [-0.15, -0.1) is 0 Å². The van der Waals surface area contributed by atoms with E-state index in [1.807, 2.05) is 18.3 Å². The molecule has 0 fully saturated rings. The minimum Gasteiger partial charge on any atom is -0.378 e. The fourth-order valence-corrected chi connectivity index (χ4v) is 4.06. The summed E-state index contributed by atoms with van der Waals surface area (Å²) in [5.41, 5.74) is 3.56. The molecule has 1 aliphatic rings. The number of aryl methyl sites for hydroxylation is 1. The third-order valence-electron chi connectivity index (χ3n) is 5.51. The molecule has 0 N–H and O–H groups in total. The molecular formula is C23H36N2O. The van der Waals surface area contributed by atoms with Crippen LogP contribution in [0.15, 0.2) is 30.5 Å². The van der Waals surface area contributed by atoms with Gasteiger partial charge in [0.1, 0.15) is 0 Å². The van der Waals surface area contributed by atoms with Gasteiger partial charge < -0.3 is 9.80 Å². The number of ketones is 1. The quantitative estimate of drug-likeness (QED) is 0.448. The highest BCUT2D eigenvalue weighted by atomic mass is 16.1. The van der Waals surface area contributed by atoms with Gasteiger partial charge in [-0.1, -0.05) is 32.0 Å². The maximum Gasteiger partial charge on any atom is 0.187 e. The highest BCUT2D eigenvalue weighted by molar-refractivity contribution is 6.05. The summed E-state index contributed by atoms with van der Waals surface area (Å²) in [4.78, 5) is 17.6. The van der Waals surface area contributed by atoms with Crippen molar-refractivity contribution in [2.24, 2.45) is 0 Å². The van der Waals surface area contributed by atoms with Gasteiger partial charge in [0.2, 0.25) is 0 Å². The van der Waals surface area contributed by atoms with Crippen molar-refractivity contribution in [2.45, 2.75) is 65.8 Å². The van der Waals surface area contributed by atoms with E-state index in [2.05, 4.69) is 43.6 Å². The topological polar surface area (TPSA) is 23.6 Å². The maximum atomic E-state index is 12.9. The van der Waals surface area contributed by atoms with Crippen LogP contribution < -0.4 is 0 Å². The van der Waals surface area contributed by atoms with E-state index >= 15 is 0 Å². The second-order valence-corrected chi connectivity index (χ2v) is 7.28. The molecule has 0 aromatic heterocycles. The van der Waals surface area contributed by atoms with E-state index in [1.54, 1.807) is 6.08 Å². The molecule has 1 aromatic carbocycles. The lowest BCUT2D eigenvalue weighted by atomic mass is 9.83. The van der Waals surface area contributed by atoms with E-state index < -0.39 is 0 Å². The number of carbonyl (C=O) groups is 1. The first-order chi connectivity index (χ1) is 12.6. The van der Waals surface area contributed by atoms with Gasteiger partial charge in [0.05, 0.1) is 0 Å². The molecule has 2 rings (SSSR count). The average molecular weight is 357 g/mol. The monoisotopic (exact) mass is 356 g/mol. The maximum absolute atomic E-state index is 12.9. The summed E-state index contributed by atoms with van der Waals surface area (Å²) >= 11 is 0. The van der Waals surface area contributed by atoms with Crippen LogP contribution in [0.5, 0.6) is 0 Å². The minimum absolute atomic E-state index is 0.145. The van der Waals surface area contributed by atoms with E-state index in [9.17, 15) is 4.79 Å². The Balaban J connectivity index is 2.21. The van der Waals surface area contributed by atoms with Crippen LogP contribution in [0.4, 0.5) is 0 Å². The Morgan fingerprint density at radius 2 is 1.81 bits per heavy atom. The number of nitrogens with zero attached hydrogens (tertiary/aromatic N) is 2. The number of carbonyl (C=O) groups excluding carboxylic acids is 1. The van der Waals surface area contributed by atoms with Gasteiger partial charge in [-0.3, -0.25) is 4.79 Å². The van der Waals surface area contributed by atoms with Crippen molar-refractivity contribution in [1.29, 1.82) is 0 Å². The van der Waals surface area contributed by atoms with Crippen LogP contribution in [-0.4, -0.2) is 47.8 Å². The average Bonchev–Trinajstić information content (AvgIpc) is 2.67. The zero-order chi connectivity index (χ0) is 18.9. The van der Waals surface area contributed by atoms with Crippen LogP contribution >= 0.6 is 0 Å². The Labute approximate surface area is 160 Å². The van der Waals surface area contributed by atoms with Crippen molar-refractivity contribution >= 4 is 5.78 Å². The molecule has 0 amide bonds. The SMILES string of the molecule is CCCN(CCC)C1CCc2cccc(C(=O)/C=C/N(CC)CC)c2C1. The second-order valence-electron chi connectivity index (χ2n) is 7.28. The van der Waals surface area contributed by atoms with Crippen molar-refractivity contribution in [3.63, 3.8) is 0 Å². The van der Waals surface area contributed by atoms with E-state index in [0.29, 0.717) is 6.04 Å². The molecule has 1 aromatic rings. The first-order valence-corrected chi connectivity index (χ1v) is 10.5. The summed E-state index contributed by atoms with van der Waals surface area (Å²) in [6.45, 7) is 12.9. The van der Waals surface area contributed by atoms with Crippen molar-refractivity contribution in [2.75, 3.05) is 26.2 Å². The van der Waals surface area contributed by atoms with Gasteiger partial charge in [-0.05, 0) is 70.2 Å². The number of allylic oxidation sites excluding steroid dienone is 1. The third-order valence-corrected chi connectivity index (χ3v) is 5.51. The van der Waals surface area contributed by atoms with Crippen molar-refractivity contribution in [3.8, 4) is 0 Å². The predicted octanol–water partition coefficient (Wildman–Crippen LogP) is 4.70. The normalized spacial score (nSPS) is 16.9. The standard InChI is InChI=1S/C23H36N2O/c1-5-15-25(16-6-2)20-13-12-19-10-9-11-21(22(19)18-20)23(26)14-17-24(7-3)8-4/h9-11,14,17,20H,5-8,12-13,15-16,18H2,1-4H3/b17-14+. The Morgan fingerprint density at radius 3 is 2.42 bits per heavy atom. The van der Waals surface area contributed by atoms with Gasteiger partial charge in [-0.2, -0.15) is 0 Å². The Hall–Kier alpha value is -1.61. The number of fused-ring (bicyclic) bond motifs is 1. The van der Waals surface area contributed by atoms with Gasteiger partial charge in [-0.25, -0.2) is 0 Å². The molecule has 0 aliphatic heterocycles. The summed E-state index contributed by atoms with van der Waals surface area (Å²) in [5.74, 6) is 0.145. The van der Waals surface area contributed by atoms with Crippen LogP contribution in [0.2, 0.25) is 0 Å². The number of hydrogen-bond donors (Lipinski definition) is 0. The van der Waals surface area contributed by atoms with Crippen LogP contribution in [0.3, 0.4) is 0 Å². The lowest BCUT2D eigenvalue weighted by molar-refractivity contribution is 0.104. The molecule has 0 bridgehead atoms. The lowest BCUT2D eigenvalue weighted by Gasteiger charge is -2.35. The zero-order valence-electron chi connectivity index (χ0n) is 17.1. The summed E-state index contributed by atoms with van der Waals surface area (Å²) in [5, 5.41) is 0. The van der Waals surface area contributed by atoms with Gasteiger partial charge >= 0.3 is 0 Å². The predicted molar refractivity (Wildman–Crippen MR) is 111 cm³/mol. The molecule has 0 saturated heterocycles. The largest absolute Gasteiger partial charge is 0.378 e. The van der Waals surface area contributed by atoms with Crippen LogP contribution in [0, 0.1) is 0 Å². The fourth-order valence-electron chi connectivity index (χ4n) is 4.06. The molecule has 1 aliphatic carbocycles. The lowest BCUT2D eigenvalue weighted by Crippen LogP contribution is -2.40. The van der Waals surface area contributed by atoms with E-state index in [0.717, 1.165) is 44.6 Å². The van der Waals surface area contributed by atoms with Crippen molar-refractivity contribution < 1.29 is 4.79 Å². The molecule has 26 heavy (non-hydrogen) atoms. The van der Waals surface area contributed by atoms with E-state index in [4.69, 9.17) is 0 Å². The van der Waals surface area contributed by atoms with Crippen LogP contribution in [0.1, 0.15) is 68.4 Å². The van der Waals surface area contributed by atoms with Crippen LogP contribution in [0.25, 0.3) is 0 Å². The number of rotatable bonds is 10. The molecule has 1 atom stereocenters. The molecule has 1 unspecified atom stereocenters. The minimum atomic E-state index is 0.145. The summed E-state index contributed by atoms with van der Waals surface area (Å²) in [6.07, 6.45) is 9.39. The van der Waals surface area contributed by atoms with Crippen molar-refractivity contribution in [3.05, 3.63) is 47.2 Å². The van der Waals surface area contributed by atoms with Gasteiger partial charge in [0, 0.05) is 37.0 Å². The highest BCUT2D eigenvalue weighted by Crippen LogP contribution is 2.28. The fraction of sp³-hybridized carbons (Fsp3) is 0.609. The first-order valence-electron chi connectivity index (χ1n) is 10.5. The summed E-state index contributed by atoms with van der Waals surface area (Å²) in [6, 6.07) is 6.84. The van der Waals surface area contributed by atoms with Crippen molar-refractivity contribution in [1.82, 2.24) is 9.80 Å². The highest BCUT2D eigenvalue weighted by Gasteiger charge is 2.26. The van der Waals surface area contributed by atoms with E-state index in [-0.39, 0.29) is 5.78 Å². The molecular weight excluding hydrogens is 320 g/mol. The van der Waals surface area contributed by atoms with Gasteiger partial charge in [0.25, 0.3) is 0 Å². The summed E-state index contributed by atoms with van der Waals surface area (Å²) < 4.78 is 0.